The fourth-order valence-corrected chi connectivity index (χ4v) is 5.17. The number of ketones is 1. The number of ether oxygens (including phenoxy) is 1. The monoisotopic (exact) mass is 442 g/mol. The van der Waals surface area contributed by atoms with Crippen molar-refractivity contribution in [1.29, 1.82) is 0 Å². The molecule has 0 aliphatic carbocycles. The summed E-state index contributed by atoms with van der Waals surface area (Å²) in [6.45, 7) is 14.6. The van der Waals surface area contributed by atoms with E-state index in [9.17, 15) is 14.7 Å². The minimum absolute atomic E-state index is 0.0456. The SMILES string of the molecule is COC(=O)CC(=O)CC(O)(CCc1ccsc1C(C)(C)O[SiH2]C(C)(C)C)C(C)C. The van der Waals surface area contributed by atoms with Gasteiger partial charge in [0.15, 0.2) is 9.76 Å². The number of Topliss-reactive ketones (excluding diaryl/α,β-unsaturated/α-hetero) is 1. The van der Waals surface area contributed by atoms with Gasteiger partial charge in [0.25, 0.3) is 0 Å². The fraction of sp³-hybridized carbons (Fsp3) is 0.727. The van der Waals surface area contributed by atoms with Crippen LogP contribution in [0.15, 0.2) is 11.4 Å². The molecule has 0 amide bonds. The predicted octanol–water partition coefficient (Wildman–Crippen LogP) is 4.14. The molecule has 0 fully saturated rings. The van der Waals surface area contributed by atoms with Gasteiger partial charge in [-0.2, -0.15) is 0 Å². The Morgan fingerprint density at radius 1 is 1.21 bits per heavy atom. The maximum atomic E-state index is 12.2. The van der Waals surface area contributed by atoms with Crippen LogP contribution in [0.4, 0.5) is 0 Å². The number of carbonyl (C=O) groups excluding carboxylic acids is 2. The van der Waals surface area contributed by atoms with Gasteiger partial charge in [-0.25, -0.2) is 0 Å². The van der Waals surface area contributed by atoms with Gasteiger partial charge in [0.1, 0.15) is 12.2 Å². The lowest BCUT2D eigenvalue weighted by molar-refractivity contribution is -0.144. The third kappa shape index (κ3) is 8.32. The van der Waals surface area contributed by atoms with Gasteiger partial charge in [-0.3, -0.25) is 9.59 Å². The molecule has 0 aliphatic rings. The first-order valence-electron chi connectivity index (χ1n) is 10.2. The molecular formula is C22H38O5SSi. The molecule has 166 valence electrons. The molecule has 1 N–H and O–H groups in total. The van der Waals surface area contributed by atoms with Crippen LogP contribution in [0.2, 0.25) is 5.04 Å². The number of aliphatic hydroxyl groups is 1. The van der Waals surface area contributed by atoms with Crippen molar-refractivity contribution in [2.75, 3.05) is 7.11 Å². The topological polar surface area (TPSA) is 72.8 Å². The molecule has 0 aliphatic heterocycles. The van der Waals surface area contributed by atoms with Crippen molar-refractivity contribution < 1.29 is 23.9 Å². The molecule has 0 saturated carbocycles. The van der Waals surface area contributed by atoms with Crippen molar-refractivity contribution in [3.8, 4) is 0 Å². The Kier molecular flexibility index (Phi) is 9.27. The summed E-state index contributed by atoms with van der Waals surface area (Å²) in [7, 11) is 0.552. The second-order valence-electron chi connectivity index (χ2n) is 9.86. The number of rotatable bonds is 11. The van der Waals surface area contributed by atoms with E-state index in [1.165, 1.54) is 12.0 Å². The first-order chi connectivity index (χ1) is 13.2. The van der Waals surface area contributed by atoms with Crippen LogP contribution in [0.25, 0.3) is 0 Å². The molecule has 0 saturated heterocycles. The number of methoxy groups -OCH3 is 1. The Balaban J connectivity index is 2.88. The number of hydrogen-bond donors (Lipinski definition) is 1. The maximum Gasteiger partial charge on any atom is 0.313 e. The molecule has 0 radical (unpaired) electrons. The lowest BCUT2D eigenvalue weighted by Gasteiger charge is -2.33. The summed E-state index contributed by atoms with van der Waals surface area (Å²) in [6.07, 6.45) is 0.764. The number of hydrogen-bond acceptors (Lipinski definition) is 6. The zero-order chi connectivity index (χ0) is 22.5. The molecule has 5 nitrogen and oxygen atoms in total. The van der Waals surface area contributed by atoms with E-state index >= 15 is 0 Å². The zero-order valence-corrected chi connectivity index (χ0v) is 21.5. The van der Waals surface area contributed by atoms with E-state index in [-0.39, 0.29) is 35.2 Å². The zero-order valence-electron chi connectivity index (χ0n) is 19.3. The first-order valence-corrected chi connectivity index (χ1v) is 12.4. The van der Waals surface area contributed by atoms with E-state index < -0.39 is 21.3 Å². The van der Waals surface area contributed by atoms with E-state index in [1.807, 2.05) is 13.8 Å². The largest absolute Gasteiger partial charge is 0.469 e. The van der Waals surface area contributed by atoms with Crippen LogP contribution in [0.3, 0.4) is 0 Å². The van der Waals surface area contributed by atoms with Gasteiger partial charge in [-0.05, 0) is 54.7 Å². The van der Waals surface area contributed by atoms with Crippen LogP contribution in [0.5, 0.6) is 0 Å². The van der Waals surface area contributed by atoms with Crippen molar-refractivity contribution in [2.45, 2.75) is 90.4 Å². The van der Waals surface area contributed by atoms with Crippen LogP contribution in [-0.2, 0) is 30.8 Å². The summed E-state index contributed by atoms with van der Waals surface area (Å²) in [5, 5.41) is 13.4. The van der Waals surface area contributed by atoms with E-state index in [4.69, 9.17) is 4.43 Å². The lowest BCUT2D eigenvalue weighted by atomic mass is 9.80. The molecule has 1 unspecified atom stereocenters. The molecule has 1 heterocycles. The molecule has 29 heavy (non-hydrogen) atoms. The van der Waals surface area contributed by atoms with Crippen LogP contribution in [-0.4, -0.2) is 39.3 Å². The average molecular weight is 443 g/mol. The second kappa shape index (κ2) is 10.3. The van der Waals surface area contributed by atoms with Crippen molar-refractivity contribution in [3.05, 3.63) is 21.9 Å². The van der Waals surface area contributed by atoms with Crippen molar-refractivity contribution in [3.63, 3.8) is 0 Å². The summed E-state index contributed by atoms with van der Waals surface area (Å²) in [4.78, 5) is 24.8. The van der Waals surface area contributed by atoms with E-state index in [0.717, 1.165) is 5.56 Å². The quantitative estimate of drug-likeness (QED) is 0.317. The molecule has 0 spiro atoms. The van der Waals surface area contributed by atoms with E-state index in [1.54, 1.807) is 11.3 Å². The van der Waals surface area contributed by atoms with Crippen LogP contribution >= 0.6 is 11.3 Å². The molecular weight excluding hydrogens is 404 g/mol. The van der Waals surface area contributed by atoms with Crippen LogP contribution in [0.1, 0.15) is 78.2 Å². The van der Waals surface area contributed by atoms with Crippen LogP contribution in [0, 0.1) is 5.92 Å². The minimum Gasteiger partial charge on any atom is -0.469 e. The lowest BCUT2D eigenvalue weighted by Crippen LogP contribution is -2.38. The Morgan fingerprint density at radius 2 is 1.83 bits per heavy atom. The highest BCUT2D eigenvalue weighted by Crippen LogP contribution is 2.37. The normalized spacial score (nSPS) is 15.1. The second-order valence-corrected chi connectivity index (χ2v) is 13.5. The third-order valence-corrected chi connectivity index (χ3v) is 8.13. The maximum absolute atomic E-state index is 12.2. The summed E-state index contributed by atoms with van der Waals surface area (Å²) >= 11 is 1.68. The molecule has 7 heteroatoms. The van der Waals surface area contributed by atoms with Crippen molar-refractivity contribution in [1.82, 2.24) is 0 Å². The van der Waals surface area contributed by atoms with Gasteiger partial charge in [-0.15, -0.1) is 11.3 Å². The smallest absolute Gasteiger partial charge is 0.313 e. The van der Waals surface area contributed by atoms with Crippen LogP contribution < -0.4 is 0 Å². The summed E-state index contributed by atoms with van der Waals surface area (Å²) in [5.74, 6) is -0.967. The van der Waals surface area contributed by atoms with Gasteiger partial charge in [0.2, 0.25) is 0 Å². The summed E-state index contributed by atoms with van der Waals surface area (Å²) in [6, 6.07) is 2.08. The number of aryl methyl sites for hydroxylation is 1. The Hall–Kier alpha value is -1.02. The van der Waals surface area contributed by atoms with E-state index in [2.05, 4.69) is 50.8 Å². The Bertz CT molecular complexity index is 690. The Morgan fingerprint density at radius 3 is 2.34 bits per heavy atom. The van der Waals surface area contributed by atoms with E-state index in [0.29, 0.717) is 12.8 Å². The fourth-order valence-electron chi connectivity index (χ4n) is 3.09. The third-order valence-electron chi connectivity index (χ3n) is 5.13. The molecule has 1 rings (SSSR count). The Labute approximate surface area is 182 Å². The summed E-state index contributed by atoms with van der Waals surface area (Å²) in [5.41, 5.74) is -0.364. The number of carbonyl (C=O) groups is 2. The minimum atomic E-state index is -1.16. The van der Waals surface area contributed by atoms with Gasteiger partial charge in [-0.1, -0.05) is 34.6 Å². The molecule has 1 aromatic rings. The number of esters is 1. The molecule has 0 aromatic carbocycles. The van der Waals surface area contributed by atoms with Crippen molar-refractivity contribution in [2.24, 2.45) is 5.92 Å². The molecule has 1 aromatic heterocycles. The molecule has 1 atom stereocenters. The first kappa shape index (κ1) is 26.0. The van der Waals surface area contributed by atoms with Crippen molar-refractivity contribution >= 4 is 32.9 Å². The highest BCUT2D eigenvalue weighted by molar-refractivity contribution is 7.10. The standard InChI is InChI=1S/C22H38O5SSi/c1-15(2)22(25,14-17(23)13-18(24)26-8)11-9-16-10-12-28-19(16)21(6,7)27-29-20(3,4)5/h10,12,15,25H,9,11,13-14,29H2,1-8H3. The highest BCUT2D eigenvalue weighted by atomic mass is 32.1. The van der Waals surface area contributed by atoms with Gasteiger partial charge >= 0.3 is 5.97 Å². The van der Waals surface area contributed by atoms with Gasteiger partial charge < -0.3 is 14.3 Å². The summed E-state index contributed by atoms with van der Waals surface area (Å²) < 4.78 is 10.9. The number of thiophene rings is 1. The average Bonchev–Trinajstić information content (AvgIpc) is 3.07. The predicted molar refractivity (Wildman–Crippen MR) is 121 cm³/mol. The van der Waals surface area contributed by atoms with Gasteiger partial charge in [0, 0.05) is 11.3 Å². The molecule has 0 bridgehead atoms. The van der Waals surface area contributed by atoms with Gasteiger partial charge in [0.05, 0.1) is 18.3 Å². The highest BCUT2D eigenvalue weighted by Gasteiger charge is 2.35.